The Morgan fingerprint density at radius 2 is 1.81 bits per heavy atom. The SMILES string of the molecule is O=C(C[C@@H]1SC(=NC2CC2)NC1=O)Nc1ccc(Oc2ccccc2)cc1. The maximum absolute atomic E-state index is 12.3. The molecule has 7 heteroatoms. The molecule has 0 radical (unpaired) electrons. The number of ether oxygens (including phenoxy) is 1. The number of para-hydroxylation sites is 1. The van der Waals surface area contributed by atoms with E-state index in [0.29, 0.717) is 22.6 Å². The maximum Gasteiger partial charge on any atom is 0.240 e. The normalized spacial score (nSPS) is 20.4. The molecule has 0 bridgehead atoms. The van der Waals surface area contributed by atoms with Crippen LogP contribution in [0.5, 0.6) is 11.5 Å². The van der Waals surface area contributed by atoms with Gasteiger partial charge in [-0.3, -0.25) is 14.6 Å². The van der Waals surface area contributed by atoms with Gasteiger partial charge < -0.3 is 15.4 Å². The second-order valence-corrected chi connectivity index (χ2v) is 7.64. The molecular formula is C20H19N3O3S. The first-order valence-electron chi connectivity index (χ1n) is 8.84. The van der Waals surface area contributed by atoms with Crippen LogP contribution < -0.4 is 15.4 Å². The minimum atomic E-state index is -0.428. The van der Waals surface area contributed by atoms with Gasteiger partial charge in [0.15, 0.2) is 5.17 Å². The molecule has 2 aromatic carbocycles. The number of aliphatic imine (C=N–C) groups is 1. The molecule has 2 aliphatic rings. The van der Waals surface area contributed by atoms with Gasteiger partial charge in [0, 0.05) is 12.1 Å². The number of nitrogens with zero attached hydrogens (tertiary/aromatic N) is 1. The zero-order valence-electron chi connectivity index (χ0n) is 14.6. The van der Waals surface area contributed by atoms with Gasteiger partial charge in [0.1, 0.15) is 16.7 Å². The van der Waals surface area contributed by atoms with Gasteiger partial charge in [-0.2, -0.15) is 0 Å². The van der Waals surface area contributed by atoms with E-state index in [9.17, 15) is 9.59 Å². The van der Waals surface area contributed by atoms with E-state index < -0.39 is 5.25 Å². The van der Waals surface area contributed by atoms with Gasteiger partial charge in [0.25, 0.3) is 0 Å². The lowest BCUT2D eigenvalue weighted by Crippen LogP contribution is -2.28. The topological polar surface area (TPSA) is 79.8 Å². The van der Waals surface area contributed by atoms with E-state index in [2.05, 4.69) is 15.6 Å². The van der Waals surface area contributed by atoms with Gasteiger partial charge in [-0.25, -0.2) is 0 Å². The van der Waals surface area contributed by atoms with Gasteiger partial charge in [0.2, 0.25) is 11.8 Å². The first-order chi connectivity index (χ1) is 13.2. The Hall–Kier alpha value is -2.80. The van der Waals surface area contributed by atoms with Gasteiger partial charge in [0.05, 0.1) is 6.04 Å². The summed E-state index contributed by atoms with van der Waals surface area (Å²) in [7, 11) is 0. The van der Waals surface area contributed by atoms with Crippen LogP contribution in [0.2, 0.25) is 0 Å². The lowest BCUT2D eigenvalue weighted by Gasteiger charge is -2.09. The van der Waals surface area contributed by atoms with Crippen LogP contribution in [0.1, 0.15) is 19.3 Å². The van der Waals surface area contributed by atoms with Crippen LogP contribution in [0.15, 0.2) is 59.6 Å². The predicted octanol–water partition coefficient (Wildman–Crippen LogP) is 3.56. The molecule has 0 spiro atoms. The van der Waals surface area contributed by atoms with Gasteiger partial charge in [-0.15, -0.1) is 0 Å². The number of carbonyl (C=O) groups excluding carboxylic acids is 2. The molecule has 1 heterocycles. The van der Waals surface area contributed by atoms with Crippen LogP contribution in [-0.4, -0.2) is 28.3 Å². The standard InChI is InChI=1S/C20H19N3O3S/c24-18(12-17-19(25)23-20(27-17)22-14-6-7-14)21-13-8-10-16(11-9-13)26-15-4-2-1-3-5-15/h1-5,8-11,14,17H,6-7,12H2,(H,21,24)(H,22,23,25)/t17-/m0/s1. The Morgan fingerprint density at radius 3 is 2.52 bits per heavy atom. The Kier molecular flexibility index (Phi) is 5.11. The highest BCUT2D eigenvalue weighted by Crippen LogP contribution is 2.29. The molecule has 2 fully saturated rings. The molecule has 2 aromatic rings. The molecule has 0 unspecified atom stereocenters. The number of amidine groups is 1. The number of hydrogen-bond acceptors (Lipinski definition) is 5. The molecular weight excluding hydrogens is 362 g/mol. The monoisotopic (exact) mass is 381 g/mol. The average Bonchev–Trinajstić information content (AvgIpc) is 3.41. The molecule has 2 amide bonds. The lowest BCUT2D eigenvalue weighted by molar-refractivity contribution is -0.122. The molecule has 2 N–H and O–H groups in total. The van der Waals surface area contributed by atoms with Crippen molar-refractivity contribution < 1.29 is 14.3 Å². The van der Waals surface area contributed by atoms with E-state index >= 15 is 0 Å². The number of anilines is 1. The molecule has 1 aliphatic carbocycles. The van der Waals surface area contributed by atoms with Crippen molar-refractivity contribution in [3.8, 4) is 11.5 Å². The van der Waals surface area contributed by atoms with Crippen molar-refractivity contribution in [1.82, 2.24) is 5.32 Å². The van der Waals surface area contributed by atoms with Crippen molar-refractivity contribution in [3.05, 3.63) is 54.6 Å². The Balaban J connectivity index is 1.29. The third-order valence-corrected chi connectivity index (χ3v) is 5.21. The molecule has 1 atom stereocenters. The van der Waals surface area contributed by atoms with Crippen molar-refractivity contribution in [2.45, 2.75) is 30.6 Å². The quantitative estimate of drug-likeness (QED) is 0.802. The van der Waals surface area contributed by atoms with Crippen LogP contribution in [-0.2, 0) is 9.59 Å². The number of benzene rings is 2. The van der Waals surface area contributed by atoms with Crippen LogP contribution >= 0.6 is 11.8 Å². The minimum absolute atomic E-state index is 0.114. The van der Waals surface area contributed by atoms with Crippen molar-refractivity contribution >= 4 is 34.4 Å². The summed E-state index contributed by atoms with van der Waals surface area (Å²) in [5, 5.41) is 5.79. The number of carbonyl (C=O) groups is 2. The first-order valence-corrected chi connectivity index (χ1v) is 9.72. The van der Waals surface area contributed by atoms with Crippen LogP contribution in [0, 0.1) is 0 Å². The molecule has 0 aromatic heterocycles. The number of hydrogen-bond donors (Lipinski definition) is 2. The Labute approximate surface area is 161 Å². The minimum Gasteiger partial charge on any atom is -0.457 e. The predicted molar refractivity (Wildman–Crippen MR) is 106 cm³/mol. The van der Waals surface area contributed by atoms with Gasteiger partial charge >= 0.3 is 0 Å². The zero-order valence-corrected chi connectivity index (χ0v) is 15.4. The number of thioether (sulfide) groups is 1. The average molecular weight is 381 g/mol. The molecule has 138 valence electrons. The van der Waals surface area contributed by atoms with E-state index in [0.717, 1.165) is 18.6 Å². The van der Waals surface area contributed by atoms with E-state index in [1.165, 1.54) is 11.8 Å². The van der Waals surface area contributed by atoms with Gasteiger partial charge in [-0.1, -0.05) is 30.0 Å². The second-order valence-electron chi connectivity index (χ2n) is 6.45. The first kappa shape index (κ1) is 17.6. The fourth-order valence-corrected chi connectivity index (χ4v) is 3.62. The van der Waals surface area contributed by atoms with Gasteiger partial charge in [-0.05, 0) is 49.2 Å². The summed E-state index contributed by atoms with van der Waals surface area (Å²) in [5.41, 5.74) is 0.663. The summed E-state index contributed by atoms with van der Waals surface area (Å²) in [6.07, 6.45) is 2.27. The van der Waals surface area contributed by atoms with Crippen LogP contribution in [0.4, 0.5) is 5.69 Å². The fraction of sp³-hybridized carbons (Fsp3) is 0.250. The molecule has 1 saturated heterocycles. The molecule has 27 heavy (non-hydrogen) atoms. The summed E-state index contributed by atoms with van der Waals surface area (Å²) < 4.78 is 5.73. The fourth-order valence-electron chi connectivity index (χ4n) is 2.58. The van der Waals surface area contributed by atoms with Crippen LogP contribution in [0.3, 0.4) is 0 Å². The van der Waals surface area contributed by atoms with E-state index in [1.807, 2.05) is 30.3 Å². The Morgan fingerprint density at radius 1 is 1.11 bits per heavy atom. The summed E-state index contributed by atoms with van der Waals surface area (Å²) in [4.78, 5) is 28.7. The van der Waals surface area contributed by atoms with E-state index in [4.69, 9.17) is 4.74 Å². The summed E-state index contributed by atoms with van der Waals surface area (Å²) in [6, 6.07) is 17.0. The smallest absolute Gasteiger partial charge is 0.240 e. The highest BCUT2D eigenvalue weighted by molar-refractivity contribution is 8.15. The molecule has 4 rings (SSSR count). The highest BCUT2D eigenvalue weighted by atomic mass is 32.2. The molecule has 1 saturated carbocycles. The molecule has 6 nitrogen and oxygen atoms in total. The second kappa shape index (κ2) is 7.84. The van der Waals surface area contributed by atoms with Crippen molar-refractivity contribution in [1.29, 1.82) is 0 Å². The number of nitrogens with one attached hydrogen (secondary N) is 2. The number of amides is 2. The zero-order chi connectivity index (χ0) is 18.6. The summed E-state index contributed by atoms with van der Waals surface area (Å²) >= 11 is 1.34. The maximum atomic E-state index is 12.3. The summed E-state index contributed by atoms with van der Waals surface area (Å²) in [5.74, 6) is 1.08. The largest absolute Gasteiger partial charge is 0.457 e. The van der Waals surface area contributed by atoms with E-state index in [1.54, 1.807) is 24.3 Å². The lowest BCUT2D eigenvalue weighted by atomic mass is 10.2. The van der Waals surface area contributed by atoms with Crippen LogP contribution in [0.25, 0.3) is 0 Å². The third-order valence-electron chi connectivity index (χ3n) is 4.11. The van der Waals surface area contributed by atoms with Crippen molar-refractivity contribution in [3.63, 3.8) is 0 Å². The third kappa shape index (κ3) is 4.89. The Bertz CT molecular complexity index is 864. The van der Waals surface area contributed by atoms with Crippen molar-refractivity contribution in [2.24, 2.45) is 4.99 Å². The van der Waals surface area contributed by atoms with E-state index in [-0.39, 0.29) is 18.2 Å². The van der Waals surface area contributed by atoms with Crippen molar-refractivity contribution in [2.75, 3.05) is 5.32 Å². The molecule has 1 aliphatic heterocycles. The number of rotatable bonds is 6. The highest BCUT2D eigenvalue weighted by Gasteiger charge is 2.33. The summed E-state index contributed by atoms with van der Waals surface area (Å²) in [6.45, 7) is 0.